The van der Waals surface area contributed by atoms with E-state index >= 15 is 0 Å². The van der Waals surface area contributed by atoms with Gasteiger partial charge in [0.05, 0.1) is 12.7 Å². The van der Waals surface area contributed by atoms with Crippen LogP contribution < -0.4 is 9.47 Å². The number of methoxy groups -OCH3 is 1. The van der Waals surface area contributed by atoms with Crippen LogP contribution in [0.3, 0.4) is 0 Å². The number of carboxylic acids is 1. The maximum absolute atomic E-state index is 12.7. The Balaban J connectivity index is 2.15. The maximum atomic E-state index is 12.7. The molecule has 0 saturated carbocycles. The average Bonchev–Trinajstić information content (AvgIpc) is 2.54. The Morgan fingerprint density at radius 3 is 2.29 bits per heavy atom. The lowest BCUT2D eigenvalue weighted by atomic mass is 10.0. The molecule has 24 heavy (non-hydrogen) atoms. The van der Waals surface area contributed by atoms with Gasteiger partial charge < -0.3 is 14.6 Å². The van der Waals surface area contributed by atoms with Crippen molar-refractivity contribution in [1.29, 1.82) is 0 Å². The molecule has 2 aromatic carbocycles. The first-order valence-electron chi connectivity index (χ1n) is 6.99. The molecule has 4 nitrogen and oxygen atoms in total. The third kappa shape index (κ3) is 4.65. The SMILES string of the molecule is COc1ccc(O[C@@H](Cc2cccc(C(F)(F)F)c2)C(=O)O)cc1. The Hall–Kier alpha value is -2.70. The van der Waals surface area contributed by atoms with Crippen molar-refractivity contribution >= 4 is 5.97 Å². The third-order valence-corrected chi connectivity index (χ3v) is 3.29. The Labute approximate surface area is 136 Å². The van der Waals surface area contributed by atoms with Crippen molar-refractivity contribution in [2.24, 2.45) is 0 Å². The lowest BCUT2D eigenvalue weighted by Gasteiger charge is -2.16. The molecular formula is C17H15F3O4. The molecule has 2 aromatic rings. The number of hydrogen-bond acceptors (Lipinski definition) is 3. The summed E-state index contributed by atoms with van der Waals surface area (Å²) in [6.45, 7) is 0. The van der Waals surface area contributed by atoms with Crippen LogP contribution in [-0.2, 0) is 17.4 Å². The Morgan fingerprint density at radius 1 is 1.12 bits per heavy atom. The number of aliphatic carboxylic acids is 1. The minimum atomic E-state index is -4.48. The largest absolute Gasteiger partial charge is 0.497 e. The van der Waals surface area contributed by atoms with Crippen molar-refractivity contribution in [2.75, 3.05) is 7.11 Å². The number of alkyl halides is 3. The molecule has 7 heteroatoms. The number of carboxylic acid groups (broad SMARTS) is 1. The summed E-state index contributed by atoms with van der Waals surface area (Å²) in [7, 11) is 1.49. The summed E-state index contributed by atoms with van der Waals surface area (Å²) >= 11 is 0. The highest BCUT2D eigenvalue weighted by Crippen LogP contribution is 2.30. The first kappa shape index (κ1) is 17.7. The molecule has 0 aromatic heterocycles. The van der Waals surface area contributed by atoms with Crippen molar-refractivity contribution in [1.82, 2.24) is 0 Å². The second-order valence-electron chi connectivity index (χ2n) is 5.02. The van der Waals surface area contributed by atoms with Crippen LogP contribution in [0.1, 0.15) is 11.1 Å². The van der Waals surface area contributed by atoms with Crippen molar-refractivity contribution in [3.63, 3.8) is 0 Å². The van der Waals surface area contributed by atoms with Crippen LogP contribution in [-0.4, -0.2) is 24.3 Å². The van der Waals surface area contributed by atoms with Gasteiger partial charge in [0.15, 0.2) is 6.10 Å². The minimum absolute atomic E-state index is 0.189. The monoisotopic (exact) mass is 340 g/mol. The van der Waals surface area contributed by atoms with Crippen LogP contribution in [0.5, 0.6) is 11.5 Å². The molecule has 0 aliphatic rings. The van der Waals surface area contributed by atoms with Crippen LogP contribution in [0.15, 0.2) is 48.5 Å². The van der Waals surface area contributed by atoms with Crippen molar-refractivity contribution in [2.45, 2.75) is 18.7 Å². The first-order valence-corrected chi connectivity index (χ1v) is 6.99. The predicted molar refractivity (Wildman–Crippen MR) is 80.2 cm³/mol. The Morgan fingerprint density at radius 2 is 1.75 bits per heavy atom. The molecule has 0 bridgehead atoms. The standard InChI is InChI=1S/C17H15F3O4/c1-23-13-5-7-14(8-6-13)24-15(16(21)22)10-11-3-2-4-12(9-11)17(18,19)20/h2-9,15H,10H2,1H3,(H,21,22)/t15-/m0/s1. The van der Waals surface area contributed by atoms with E-state index in [-0.39, 0.29) is 17.7 Å². The summed E-state index contributed by atoms with van der Waals surface area (Å²) in [4.78, 5) is 11.3. The predicted octanol–water partition coefficient (Wildman–Crippen LogP) is 3.79. The van der Waals surface area contributed by atoms with E-state index in [2.05, 4.69) is 0 Å². The molecular weight excluding hydrogens is 325 g/mol. The molecule has 0 fully saturated rings. The van der Waals surface area contributed by atoms with Gasteiger partial charge in [-0.3, -0.25) is 0 Å². The molecule has 1 atom stereocenters. The molecule has 2 rings (SSSR count). The van der Waals surface area contributed by atoms with Gasteiger partial charge in [-0.25, -0.2) is 4.79 Å². The lowest BCUT2D eigenvalue weighted by Crippen LogP contribution is -2.29. The van der Waals surface area contributed by atoms with E-state index in [0.29, 0.717) is 5.75 Å². The second kappa shape index (κ2) is 7.25. The zero-order valence-electron chi connectivity index (χ0n) is 12.7. The van der Waals surface area contributed by atoms with E-state index < -0.39 is 23.8 Å². The van der Waals surface area contributed by atoms with E-state index in [9.17, 15) is 23.1 Å². The number of carbonyl (C=O) groups is 1. The summed E-state index contributed by atoms with van der Waals surface area (Å²) < 4.78 is 48.5. The first-order chi connectivity index (χ1) is 11.3. The zero-order chi connectivity index (χ0) is 17.7. The van der Waals surface area contributed by atoms with Gasteiger partial charge in [0.1, 0.15) is 11.5 Å². The summed E-state index contributed by atoms with van der Waals surface area (Å²) in [6.07, 6.45) is -5.97. The van der Waals surface area contributed by atoms with Gasteiger partial charge in [-0.05, 0) is 35.9 Å². The molecule has 1 N–H and O–H groups in total. The van der Waals surface area contributed by atoms with E-state index in [1.165, 1.54) is 31.4 Å². The molecule has 0 aliphatic heterocycles. The summed E-state index contributed by atoms with van der Waals surface area (Å²) in [5.41, 5.74) is -0.598. The third-order valence-electron chi connectivity index (χ3n) is 3.29. The van der Waals surface area contributed by atoms with Crippen molar-refractivity contribution < 1.29 is 32.5 Å². The molecule has 0 heterocycles. The van der Waals surface area contributed by atoms with Crippen molar-refractivity contribution in [3.8, 4) is 11.5 Å². The van der Waals surface area contributed by atoms with Gasteiger partial charge in [-0.2, -0.15) is 13.2 Å². The summed E-state index contributed by atoms with van der Waals surface area (Å²) in [5.74, 6) is -0.398. The highest BCUT2D eigenvalue weighted by atomic mass is 19.4. The average molecular weight is 340 g/mol. The Kier molecular flexibility index (Phi) is 5.33. The summed E-state index contributed by atoms with van der Waals surface area (Å²) in [5, 5.41) is 9.25. The van der Waals surface area contributed by atoms with Gasteiger partial charge in [-0.1, -0.05) is 18.2 Å². The van der Waals surface area contributed by atoms with Crippen LogP contribution in [0.2, 0.25) is 0 Å². The van der Waals surface area contributed by atoms with E-state index in [4.69, 9.17) is 9.47 Å². The number of rotatable bonds is 6. The van der Waals surface area contributed by atoms with Crippen LogP contribution in [0.25, 0.3) is 0 Å². The van der Waals surface area contributed by atoms with Crippen molar-refractivity contribution in [3.05, 3.63) is 59.7 Å². The zero-order valence-corrected chi connectivity index (χ0v) is 12.7. The molecule has 0 aliphatic carbocycles. The number of halogens is 3. The topological polar surface area (TPSA) is 55.8 Å². The molecule has 0 spiro atoms. The van der Waals surface area contributed by atoms with Gasteiger partial charge in [-0.15, -0.1) is 0 Å². The van der Waals surface area contributed by atoms with Crippen LogP contribution in [0.4, 0.5) is 13.2 Å². The van der Waals surface area contributed by atoms with Crippen LogP contribution in [0, 0.1) is 0 Å². The highest BCUT2D eigenvalue weighted by Gasteiger charge is 2.31. The molecule has 0 amide bonds. The molecule has 0 radical (unpaired) electrons. The fourth-order valence-electron chi connectivity index (χ4n) is 2.09. The highest BCUT2D eigenvalue weighted by molar-refractivity contribution is 5.73. The maximum Gasteiger partial charge on any atom is 0.416 e. The van der Waals surface area contributed by atoms with Gasteiger partial charge in [0.25, 0.3) is 0 Å². The van der Waals surface area contributed by atoms with E-state index in [0.717, 1.165) is 12.1 Å². The van der Waals surface area contributed by atoms with Gasteiger partial charge in [0.2, 0.25) is 0 Å². The number of hydrogen-bond donors (Lipinski definition) is 1. The quantitative estimate of drug-likeness (QED) is 0.869. The summed E-state index contributed by atoms with van der Waals surface area (Å²) in [6, 6.07) is 10.8. The normalized spacial score (nSPS) is 12.5. The fraction of sp³-hybridized carbons (Fsp3) is 0.235. The lowest BCUT2D eigenvalue weighted by molar-refractivity contribution is -0.145. The van der Waals surface area contributed by atoms with E-state index in [1.807, 2.05) is 0 Å². The number of benzene rings is 2. The molecule has 0 saturated heterocycles. The molecule has 128 valence electrons. The second-order valence-corrected chi connectivity index (χ2v) is 5.02. The smallest absolute Gasteiger partial charge is 0.416 e. The van der Waals surface area contributed by atoms with Crippen LogP contribution >= 0.6 is 0 Å². The minimum Gasteiger partial charge on any atom is -0.497 e. The van der Waals surface area contributed by atoms with Gasteiger partial charge >= 0.3 is 12.1 Å². The molecule has 0 unspecified atom stereocenters. The number of ether oxygens (including phenoxy) is 2. The van der Waals surface area contributed by atoms with E-state index in [1.54, 1.807) is 12.1 Å². The van der Waals surface area contributed by atoms with Gasteiger partial charge in [0, 0.05) is 6.42 Å². The fourth-order valence-corrected chi connectivity index (χ4v) is 2.09. The Bertz CT molecular complexity index is 696.